The Balaban J connectivity index is 1.75. The van der Waals surface area contributed by atoms with Gasteiger partial charge in [-0.25, -0.2) is 0 Å². The Bertz CT molecular complexity index is 510. The number of methoxy groups -OCH3 is 1. The van der Waals surface area contributed by atoms with Gasteiger partial charge in [0.1, 0.15) is 5.75 Å². The zero-order valence-electron chi connectivity index (χ0n) is 11.0. The highest BCUT2D eigenvalue weighted by atomic mass is 35.5. The molecule has 0 saturated heterocycles. The molecule has 2 rings (SSSR count). The minimum Gasteiger partial charge on any atom is -0.497 e. The highest BCUT2D eigenvalue weighted by Gasteiger charge is 1.97. The third kappa shape index (κ3) is 4.58. The van der Waals surface area contributed by atoms with Crippen LogP contribution in [0.15, 0.2) is 48.5 Å². The molecule has 0 aromatic heterocycles. The zero-order valence-corrected chi connectivity index (χ0v) is 11.8. The summed E-state index contributed by atoms with van der Waals surface area (Å²) in [6, 6.07) is 16.1. The lowest BCUT2D eigenvalue weighted by Crippen LogP contribution is -2.16. The minimum atomic E-state index is 0.778. The van der Waals surface area contributed by atoms with E-state index in [0.717, 1.165) is 30.3 Å². The summed E-state index contributed by atoms with van der Waals surface area (Å²) in [5.74, 6) is 0.912. The van der Waals surface area contributed by atoms with Crippen molar-refractivity contribution in [1.82, 2.24) is 5.32 Å². The van der Waals surface area contributed by atoms with Crippen molar-refractivity contribution < 1.29 is 4.74 Å². The molecule has 100 valence electrons. The summed E-state index contributed by atoms with van der Waals surface area (Å²) in [6.07, 6.45) is 0.991. The SMILES string of the molecule is COc1cccc(CCNCc2ccc(Cl)cc2)c1. The summed E-state index contributed by atoms with van der Waals surface area (Å²) in [7, 11) is 1.69. The molecule has 0 amide bonds. The van der Waals surface area contributed by atoms with Crippen LogP contribution in [0.1, 0.15) is 11.1 Å². The molecule has 3 heteroatoms. The van der Waals surface area contributed by atoms with Gasteiger partial charge in [0.05, 0.1) is 7.11 Å². The van der Waals surface area contributed by atoms with Crippen molar-refractivity contribution in [2.45, 2.75) is 13.0 Å². The molecule has 0 spiro atoms. The topological polar surface area (TPSA) is 21.3 Å². The molecule has 0 atom stereocenters. The first kappa shape index (κ1) is 13.9. The Morgan fingerprint density at radius 1 is 1.05 bits per heavy atom. The number of halogens is 1. The number of benzene rings is 2. The molecule has 0 saturated carbocycles. The van der Waals surface area contributed by atoms with Crippen molar-refractivity contribution in [1.29, 1.82) is 0 Å². The van der Waals surface area contributed by atoms with Gasteiger partial charge in [0, 0.05) is 11.6 Å². The molecule has 0 unspecified atom stereocenters. The van der Waals surface area contributed by atoms with Gasteiger partial charge in [0.25, 0.3) is 0 Å². The first-order valence-electron chi connectivity index (χ1n) is 6.36. The quantitative estimate of drug-likeness (QED) is 0.812. The molecular weight excluding hydrogens is 258 g/mol. The summed E-state index contributed by atoms with van der Waals surface area (Å²) in [4.78, 5) is 0. The maximum Gasteiger partial charge on any atom is 0.119 e. The van der Waals surface area contributed by atoms with E-state index in [1.54, 1.807) is 7.11 Å². The first-order valence-corrected chi connectivity index (χ1v) is 6.74. The predicted octanol–water partition coefficient (Wildman–Crippen LogP) is 3.68. The molecule has 0 bridgehead atoms. The van der Waals surface area contributed by atoms with E-state index >= 15 is 0 Å². The fourth-order valence-corrected chi connectivity index (χ4v) is 2.02. The van der Waals surface area contributed by atoms with E-state index in [0.29, 0.717) is 0 Å². The molecule has 0 radical (unpaired) electrons. The summed E-state index contributed by atoms with van der Waals surface area (Å²) in [6.45, 7) is 1.80. The van der Waals surface area contributed by atoms with Gasteiger partial charge in [-0.3, -0.25) is 0 Å². The lowest BCUT2D eigenvalue weighted by molar-refractivity contribution is 0.414. The lowest BCUT2D eigenvalue weighted by Gasteiger charge is -2.06. The molecule has 2 aromatic rings. The molecule has 0 heterocycles. The van der Waals surface area contributed by atoms with Crippen LogP contribution in [0.5, 0.6) is 5.75 Å². The number of hydrogen-bond acceptors (Lipinski definition) is 2. The van der Waals surface area contributed by atoms with Gasteiger partial charge >= 0.3 is 0 Å². The summed E-state index contributed by atoms with van der Waals surface area (Å²) in [5.41, 5.74) is 2.53. The van der Waals surface area contributed by atoms with Gasteiger partial charge in [-0.05, 0) is 48.4 Å². The second-order valence-corrected chi connectivity index (χ2v) is 4.84. The van der Waals surface area contributed by atoms with Crippen LogP contribution in [0.3, 0.4) is 0 Å². The number of ether oxygens (including phenoxy) is 1. The molecule has 0 fully saturated rings. The van der Waals surface area contributed by atoms with Gasteiger partial charge in [0.15, 0.2) is 0 Å². The average molecular weight is 276 g/mol. The van der Waals surface area contributed by atoms with Crippen molar-refractivity contribution in [3.8, 4) is 5.75 Å². The fraction of sp³-hybridized carbons (Fsp3) is 0.250. The van der Waals surface area contributed by atoms with E-state index in [4.69, 9.17) is 16.3 Å². The van der Waals surface area contributed by atoms with Gasteiger partial charge in [0.2, 0.25) is 0 Å². The molecule has 0 aliphatic rings. The third-order valence-electron chi connectivity index (χ3n) is 2.97. The number of nitrogens with one attached hydrogen (secondary N) is 1. The van der Waals surface area contributed by atoms with E-state index in [-0.39, 0.29) is 0 Å². The maximum absolute atomic E-state index is 5.85. The zero-order chi connectivity index (χ0) is 13.5. The van der Waals surface area contributed by atoms with Gasteiger partial charge < -0.3 is 10.1 Å². The molecule has 2 nitrogen and oxygen atoms in total. The maximum atomic E-state index is 5.85. The fourth-order valence-electron chi connectivity index (χ4n) is 1.90. The Morgan fingerprint density at radius 3 is 2.58 bits per heavy atom. The molecule has 1 N–H and O–H groups in total. The smallest absolute Gasteiger partial charge is 0.119 e. The van der Waals surface area contributed by atoms with Crippen LogP contribution in [0.4, 0.5) is 0 Å². The third-order valence-corrected chi connectivity index (χ3v) is 3.22. The highest BCUT2D eigenvalue weighted by Crippen LogP contribution is 2.13. The molecule has 0 aliphatic heterocycles. The van der Waals surface area contributed by atoms with Crippen molar-refractivity contribution in [3.05, 3.63) is 64.7 Å². The Hall–Kier alpha value is -1.51. The van der Waals surface area contributed by atoms with Crippen LogP contribution < -0.4 is 10.1 Å². The summed E-state index contributed by atoms with van der Waals surface area (Å²) in [5, 5.41) is 4.20. The van der Waals surface area contributed by atoms with Crippen LogP contribution in [0, 0.1) is 0 Å². The second kappa shape index (κ2) is 7.17. The van der Waals surface area contributed by atoms with Crippen LogP contribution in [-0.2, 0) is 13.0 Å². The van der Waals surface area contributed by atoms with Crippen LogP contribution in [0.25, 0.3) is 0 Å². The monoisotopic (exact) mass is 275 g/mol. The summed E-state index contributed by atoms with van der Waals surface area (Å²) < 4.78 is 5.21. The molecule has 2 aromatic carbocycles. The lowest BCUT2D eigenvalue weighted by atomic mass is 10.1. The standard InChI is InChI=1S/C16H18ClNO/c1-19-16-4-2-3-13(11-16)9-10-18-12-14-5-7-15(17)8-6-14/h2-8,11,18H,9-10,12H2,1H3. The van der Waals surface area contributed by atoms with Crippen LogP contribution in [-0.4, -0.2) is 13.7 Å². The number of hydrogen-bond donors (Lipinski definition) is 1. The average Bonchev–Trinajstić information content (AvgIpc) is 2.46. The highest BCUT2D eigenvalue weighted by molar-refractivity contribution is 6.30. The molecule has 0 aliphatic carbocycles. The van der Waals surface area contributed by atoms with Crippen LogP contribution >= 0.6 is 11.6 Å². The van der Waals surface area contributed by atoms with Gasteiger partial charge in [-0.15, -0.1) is 0 Å². The van der Waals surface area contributed by atoms with E-state index in [1.165, 1.54) is 11.1 Å². The Kier molecular flexibility index (Phi) is 5.25. The van der Waals surface area contributed by atoms with Crippen molar-refractivity contribution in [2.75, 3.05) is 13.7 Å². The van der Waals surface area contributed by atoms with E-state index < -0.39 is 0 Å². The second-order valence-electron chi connectivity index (χ2n) is 4.40. The predicted molar refractivity (Wildman–Crippen MR) is 79.9 cm³/mol. The first-order chi connectivity index (χ1) is 9.28. The van der Waals surface area contributed by atoms with E-state index in [1.807, 2.05) is 36.4 Å². The van der Waals surface area contributed by atoms with Crippen molar-refractivity contribution in [3.63, 3.8) is 0 Å². The largest absolute Gasteiger partial charge is 0.497 e. The molecular formula is C16H18ClNO. The van der Waals surface area contributed by atoms with Gasteiger partial charge in [-0.1, -0.05) is 35.9 Å². The van der Waals surface area contributed by atoms with Gasteiger partial charge in [-0.2, -0.15) is 0 Å². The molecule has 19 heavy (non-hydrogen) atoms. The van der Waals surface area contributed by atoms with Crippen molar-refractivity contribution >= 4 is 11.6 Å². The van der Waals surface area contributed by atoms with Crippen LogP contribution in [0.2, 0.25) is 5.02 Å². The Morgan fingerprint density at radius 2 is 1.84 bits per heavy atom. The minimum absolute atomic E-state index is 0.778. The normalized spacial score (nSPS) is 10.4. The van der Waals surface area contributed by atoms with E-state index in [9.17, 15) is 0 Å². The Labute approximate surface area is 119 Å². The number of rotatable bonds is 6. The van der Waals surface area contributed by atoms with Crippen molar-refractivity contribution in [2.24, 2.45) is 0 Å². The van der Waals surface area contributed by atoms with E-state index in [2.05, 4.69) is 17.4 Å². The summed E-state index contributed by atoms with van der Waals surface area (Å²) >= 11 is 5.85.